The van der Waals surface area contributed by atoms with Gasteiger partial charge in [0.05, 0.1) is 0 Å². The van der Waals surface area contributed by atoms with Crippen molar-refractivity contribution in [3.05, 3.63) is 28.2 Å². The van der Waals surface area contributed by atoms with Crippen LogP contribution in [0, 0.1) is 5.92 Å². The Labute approximate surface area is 107 Å². The second-order valence-corrected chi connectivity index (χ2v) is 4.72. The highest BCUT2D eigenvalue weighted by Crippen LogP contribution is 1.97. The molecule has 100 valence electrons. The molecule has 0 aliphatic heterocycles. The third-order valence-corrected chi connectivity index (χ3v) is 2.54. The van der Waals surface area contributed by atoms with Crippen molar-refractivity contribution >= 4 is 5.91 Å². The number of nitrogens with zero attached hydrogens (tertiary/aromatic N) is 2. The number of aryl methyl sites for hydroxylation is 1. The van der Waals surface area contributed by atoms with Crippen LogP contribution in [0.15, 0.2) is 16.9 Å². The summed E-state index contributed by atoms with van der Waals surface area (Å²) in [5.74, 6) is 0.327. The number of carbonyl (C=O) groups excluding carboxylic acids is 1. The normalized spacial score (nSPS) is 10.7. The first-order chi connectivity index (χ1) is 8.54. The van der Waals surface area contributed by atoms with E-state index < -0.39 is 0 Å². The third-order valence-electron chi connectivity index (χ3n) is 2.54. The molecule has 1 amide bonds. The summed E-state index contributed by atoms with van der Waals surface area (Å²) in [4.78, 5) is 23.3. The van der Waals surface area contributed by atoms with Crippen molar-refractivity contribution in [2.75, 3.05) is 6.54 Å². The Morgan fingerprint density at radius 1 is 1.44 bits per heavy atom. The third kappa shape index (κ3) is 4.31. The molecule has 18 heavy (non-hydrogen) atoms. The highest BCUT2D eigenvalue weighted by molar-refractivity contribution is 5.91. The number of aromatic nitrogens is 2. The summed E-state index contributed by atoms with van der Waals surface area (Å²) in [7, 11) is 0. The molecule has 0 fully saturated rings. The molecule has 0 spiro atoms. The average molecular weight is 251 g/mol. The van der Waals surface area contributed by atoms with Gasteiger partial charge in [0.25, 0.3) is 11.5 Å². The minimum Gasteiger partial charge on any atom is -0.351 e. The maximum atomic E-state index is 11.8. The summed E-state index contributed by atoms with van der Waals surface area (Å²) in [5, 5.41) is 6.85. The summed E-state index contributed by atoms with van der Waals surface area (Å²) in [5.41, 5.74) is 0.127. The van der Waals surface area contributed by atoms with Gasteiger partial charge in [0, 0.05) is 19.2 Å². The van der Waals surface area contributed by atoms with Crippen molar-refractivity contribution < 1.29 is 4.79 Å². The summed E-state index contributed by atoms with van der Waals surface area (Å²) in [6.45, 7) is 7.33. The van der Waals surface area contributed by atoms with E-state index in [0.29, 0.717) is 24.7 Å². The highest BCUT2D eigenvalue weighted by atomic mass is 16.2. The number of amides is 1. The van der Waals surface area contributed by atoms with Gasteiger partial charge in [-0.25, -0.2) is 4.68 Å². The first-order valence-electron chi connectivity index (χ1n) is 6.41. The highest BCUT2D eigenvalue weighted by Gasteiger charge is 2.08. The van der Waals surface area contributed by atoms with Crippen LogP contribution < -0.4 is 10.9 Å². The summed E-state index contributed by atoms with van der Waals surface area (Å²) >= 11 is 0. The van der Waals surface area contributed by atoms with Gasteiger partial charge in [-0.1, -0.05) is 20.8 Å². The van der Waals surface area contributed by atoms with Crippen LogP contribution >= 0.6 is 0 Å². The van der Waals surface area contributed by atoms with E-state index in [1.807, 2.05) is 6.92 Å². The van der Waals surface area contributed by atoms with Crippen molar-refractivity contribution in [2.24, 2.45) is 5.92 Å². The first kappa shape index (κ1) is 14.4. The maximum absolute atomic E-state index is 11.8. The lowest BCUT2D eigenvalue weighted by atomic mass is 10.1. The zero-order chi connectivity index (χ0) is 13.5. The molecule has 0 aliphatic carbocycles. The monoisotopic (exact) mass is 251 g/mol. The quantitative estimate of drug-likeness (QED) is 0.831. The van der Waals surface area contributed by atoms with Crippen molar-refractivity contribution in [2.45, 2.75) is 40.2 Å². The second kappa shape index (κ2) is 6.93. The molecule has 0 atom stereocenters. The summed E-state index contributed by atoms with van der Waals surface area (Å²) < 4.78 is 1.33. The molecular weight excluding hydrogens is 230 g/mol. The molecule has 0 bridgehead atoms. The number of hydrogen-bond acceptors (Lipinski definition) is 3. The van der Waals surface area contributed by atoms with Gasteiger partial charge in [-0.15, -0.1) is 0 Å². The van der Waals surface area contributed by atoms with Crippen LogP contribution in [0.5, 0.6) is 0 Å². The van der Waals surface area contributed by atoms with E-state index in [2.05, 4.69) is 24.3 Å². The molecular formula is C13H21N3O2. The summed E-state index contributed by atoms with van der Waals surface area (Å²) in [6, 6.07) is 2.86. The van der Waals surface area contributed by atoms with Crippen LogP contribution in [0.25, 0.3) is 0 Å². The fourth-order valence-corrected chi connectivity index (χ4v) is 1.51. The number of hydrogen-bond donors (Lipinski definition) is 1. The van der Waals surface area contributed by atoms with E-state index in [0.717, 1.165) is 12.8 Å². The number of rotatable bonds is 6. The predicted octanol–water partition coefficient (Wildman–Crippen LogP) is 1.43. The average Bonchev–Trinajstić information content (AvgIpc) is 2.31. The Morgan fingerprint density at radius 3 is 2.78 bits per heavy atom. The zero-order valence-corrected chi connectivity index (χ0v) is 11.3. The molecule has 1 rings (SSSR count). The molecule has 0 aliphatic rings. The lowest BCUT2D eigenvalue weighted by Crippen LogP contribution is -2.30. The van der Waals surface area contributed by atoms with Gasteiger partial charge < -0.3 is 5.32 Å². The lowest BCUT2D eigenvalue weighted by Gasteiger charge is -2.08. The van der Waals surface area contributed by atoms with E-state index in [-0.39, 0.29) is 11.5 Å². The topological polar surface area (TPSA) is 64.0 Å². The van der Waals surface area contributed by atoms with E-state index in [1.54, 1.807) is 0 Å². The minimum absolute atomic E-state index is 0.171. The Bertz CT molecular complexity index is 452. The fraction of sp³-hybridized carbons (Fsp3) is 0.615. The van der Waals surface area contributed by atoms with Crippen molar-refractivity contribution in [3.63, 3.8) is 0 Å². The van der Waals surface area contributed by atoms with Gasteiger partial charge in [-0.2, -0.15) is 5.10 Å². The molecule has 5 heteroatoms. The second-order valence-electron chi connectivity index (χ2n) is 4.72. The molecule has 1 aromatic heterocycles. The molecule has 0 radical (unpaired) electrons. The van der Waals surface area contributed by atoms with Crippen molar-refractivity contribution in [1.82, 2.24) is 15.1 Å². The first-order valence-corrected chi connectivity index (χ1v) is 6.41. The van der Waals surface area contributed by atoms with Gasteiger partial charge in [-0.05, 0) is 24.8 Å². The van der Waals surface area contributed by atoms with Gasteiger partial charge >= 0.3 is 0 Å². The summed E-state index contributed by atoms with van der Waals surface area (Å²) in [6.07, 6.45) is 1.74. The van der Waals surface area contributed by atoms with Crippen LogP contribution in [-0.4, -0.2) is 22.2 Å². The van der Waals surface area contributed by atoms with Gasteiger partial charge in [0.1, 0.15) is 5.69 Å². The van der Waals surface area contributed by atoms with Crippen LogP contribution in [0.4, 0.5) is 0 Å². The van der Waals surface area contributed by atoms with E-state index in [4.69, 9.17) is 0 Å². The van der Waals surface area contributed by atoms with Crippen LogP contribution in [0.3, 0.4) is 0 Å². The van der Waals surface area contributed by atoms with Crippen LogP contribution in [0.2, 0.25) is 0 Å². The SMILES string of the molecule is CCCn1nc(C(=O)NCCC(C)C)ccc1=O. The molecule has 5 nitrogen and oxygen atoms in total. The Balaban J connectivity index is 2.68. The molecule has 0 unspecified atom stereocenters. The lowest BCUT2D eigenvalue weighted by molar-refractivity contribution is 0.0944. The van der Waals surface area contributed by atoms with Gasteiger partial charge in [0.15, 0.2) is 0 Å². The Hall–Kier alpha value is -1.65. The van der Waals surface area contributed by atoms with Crippen molar-refractivity contribution in [3.8, 4) is 0 Å². The van der Waals surface area contributed by atoms with Crippen LogP contribution in [-0.2, 0) is 6.54 Å². The smallest absolute Gasteiger partial charge is 0.271 e. The van der Waals surface area contributed by atoms with E-state index >= 15 is 0 Å². The number of nitrogens with one attached hydrogen (secondary N) is 1. The standard InChI is InChI=1S/C13H21N3O2/c1-4-9-16-12(17)6-5-11(15-16)13(18)14-8-7-10(2)3/h5-6,10H,4,7-9H2,1-3H3,(H,14,18). The Kier molecular flexibility index (Phi) is 5.55. The van der Waals surface area contributed by atoms with Crippen molar-refractivity contribution in [1.29, 1.82) is 0 Å². The fourth-order valence-electron chi connectivity index (χ4n) is 1.51. The molecule has 0 saturated heterocycles. The largest absolute Gasteiger partial charge is 0.351 e. The molecule has 1 heterocycles. The van der Waals surface area contributed by atoms with Crippen LogP contribution in [0.1, 0.15) is 44.1 Å². The molecule has 0 aromatic carbocycles. The minimum atomic E-state index is -0.222. The number of carbonyl (C=O) groups is 1. The van der Waals surface area contributed by atoms with E-state index in [9.17, 15) is 9.59 Å². The Morgan fingerprint density at radius 2 is 2.17 bits per heavy atom. The maximum Gasteiger partial charge on any atom is 0.271 e. The predicted molar refractivity (Wildman–Crippen MR) is 70.6 cm³/mol. The zero-order valence-electron chi connectivity index (χ0n) is 11.3. The molecule has 1 N–H and O–H groups in total. The van der Waals surface area contributed by atoms with Gasteiger partial charge in [0.2, 0.25) is 0 Å². The van der Waals surface area contributed by atoms with E-state index in [1.165, 1.54) is 16.8 Å². The molecule has 1 aromatic rings. The molecule has 0 saturated carbocycles. The van der Waals surface area contributed by atoms with Gasteiger partial charge in [-0.3, -0.25) is 9.59 Å².